The zero-order valence-corrected chi connectivity index (χ0v) is 59.9. The molecule has 4 unspecified atom stereocenters. The lowest BCUT2D eigenvalue weighted by Crippen LogP contribution is -2.32. The van der Waals surface area contributed by atoms with E-state index >= 15 is 0 Å². The zero-order chi connectivity index (χ0) is 62.0. The molecule has 4 aromatic heterocycles. The van der Waals surface area contributed by atoms with Crippen molar-refractivity contribution in [2.75, 3.05) is 13.1 Å². The van der Waals surface area contributed by atoms with Gasteiger partial charge in [-0.05, 0) is 133 Å². The van der Waals surface area contributed by atoms with Crippen LogP contribution >= 0.6 is 94.1 Å². The lowest BCUT2D eigenvalue weighted by molar-refractivity contribution is -0.122. The molecule has 11 rings (SSSR count). The SMILES string of the molecule is CCCCC(CC)CC1(CC(CC)CCCC)c2cc3c(cc2-c2sc(-c4ccc(C=C5SC(=S)N(CC)C5=O)c5nsnc45)cc21)C(CC(CC)CCCC)(CC(CC)CCCC)c1cc(-c2ccc(/C=C4/SC(=S)N(CC)C4=O)c4nsnc24)sc1-3. The molecule has 8 nitrogen and oxygen atoms in total. The maximum Gasteiger partial charge on any atom is 0.266 e. The summed E-state index contributed by atoms with van der Waals surface area (Å²) in [6.45, 7) is 24.3. The second kappa shape index (κ2) is 28.5. The Hall–Kier alpha value is -4.00. The summed E-state index contributed by atoms with van der Waals surface area (Å²) in [5.41, 5.74) is 16.2. The monoisotopic (exact) mass is 1320 g/mol. The van der Waals surface area contributed by atoms with Gasteiger partial charge in [0.05, 0.1) is 33.3 Å². The van der Waals surface area contributed by atoms with Gasteiger partial charge in [0.2, 0.25) is 0 Å². The van der Waals surface area contributed by atoms with Crippen molar-refractivity contribution in [3.63, 3.8) is 0 Å². The van der Waals surface area contributed by atoms with Gasteiger partial charge in [-0.25, -0.2) is 0 Å². The van der Waals surface area contributed by atoms with Crippen LogP contribution in [0.3, 0.4) is 0 Å². The van der Waals surface area contributed by atoms with Crippen LogP contribution in [0.4, 0.5) is 0 Å². The maximum atomic E-state index is 13.5. The molecule has 7 aromatic rings. The highest BCUT2D eigenvalue weighted by atomic mass is 32.2. The number of carbonyl (C=O) groups excluding carboxylic acids is 2. The predicted octanol–water partition coefficient (Wildman–Crippen LogP) is 22.6. The normalized spacial score (nSPS) is 20.4. The van der Waals surface area contributed by atoms with Crippen LogP contribution in [0.5, 0.6) is 0 Å². The molecule has 2 fully saturated rings. The van der Waals surface area contributed by atoms with E-state index in [1.165, 1.54) is 166 Å². The van der Waals surface area contributed by atoms with Gasteiger partial charge >= 0.3 is 0 Å². The molecule has 0 radical (unpaired) electrons. The van der Waals surface area contributed by atoms with E-state index in [2.05, 4.69) is 104 Å². The molecule has 0 bridgehead atoms. The standard InChI is InChI=1S/C72H88N6O2S8/c1-11-21-25-43(15-5)39-71(40-44(16-6)26-22-12-2)53-35-52-54(36-51(53)65-55(71)37-57(83-65)49-31-29-47(61-63(49)75-87-73-61)33-59-67(79)77(19-9)69(81)85-59)72(41-45(17-7)27-23-13-3,42-46(18-8)28-24-14-4)56-38-58(84-66(52)56)50-32-30-48(62-64(50)76-88-74-62)34-60-68(80)78(20-10)70(82)86-60/h29-38,43-46H,11-28,39-42H2,1-10H3/b59-33+,60-34?. The Morgan fingerprint density at radius 1 is 0.455 bits per heavy atom. The Bertz CT molecular complexity index is 3520. The van der Waals surface area contributed by atoms with Crippen molar-refractivity contribution < 1.29 is 9.59 Å². The molecule has 2 amide bonds. The van der Waals surface area contributed by atoms with Crippen LogP contribution in [-0.2, 0) is 20.4 Å². The number of thiocarbonyl (C=S) groups is 2. The smallest absolute Gasteiger partial charge is 0.266 e. The minimum absolute atomic E-state index is 0.0399. The van der Waals surface area contributed by atoms with Gasteiger partial charge in [0.25, 0.3) is 11.8 Å². The average Bonchev–Trinajstić information content (AvgIpc) is 1.52. The molecular formula is C72H88N6O2S8. The van der Waals surface area contributed by atoms with Gasteiger partial charge in [-0.2, -0.15) is 17.5 Å². The van der Waals surface area contributed by atoms with E-state index in [-0.39, 0.29) is 22.6 Å². The second-order valence-corrected chi connectivity index (χ2v) is 32.0. The molecule has 466 valence electrons. The van der Waals surface area contributed by atoms with E-state index < -0.39 is 0 Å². The summed E-state index contributed by atoms with van der Waals surface area (Å²) in [6.07, 6.45) is 27.8. The highest BCUT2D eigenvalue weighted by Crippen LogP contribution is 2.66. The third kappa shape index (κ3) is 12.2. The summed E-state index contributed by atoms with van der Waals surface area (Å²) < 4.78 is 21.3. The summed E-state index contributed by atoms with van der Waals surface area (Å²) in [4.78, 5) is 37.1. The first-order chi connectivity index (χ1) is 42.8. The van der Waals surface area contributed by atoms with Gasteiger partial charge in [-0.3, -0.25) is 19.4 Å². The average molecular weight is 1330 g/mol. The van der Waals surface area contributed by atoms with Crippen LogP contribution in [-0.4, -0.2) is 60.8 Å². The van der Waals surface area contributed by atoms with Crippen molar-refractivity contribution in [3.05, 3.63) is 91.7 Å². The van der Waals surface area contributed by atoms with E-state index in [1.807, 2.05) is 48.7 Å². The van der Waals surface area contributed by atoms with Crippen LogP contribution in [0.15, 0.2) is 58.3 Å². The van der Waals surface area contributed by atoms with Crippen molar-refractivity contribution in [1.82, 2.24) is 27.3 Å². The topological polar surface area (TPSA) is 92.2 Å². The highest BCUT2D eigenvalue weighted by Gasteiger charge is 2.52. The summed E-state index contributed by atoms with van der Waals surface area (Å²) in [5.74, 6) is 2.21. The minimum atomic E-state index is -0.198. The predicted molar refractivity (Wildman–Crippen MR) is 390 cm³/mol. The fourth-order valence-electron chi connectivity index (χ4n) is 15.2. The molecule has 4 atom stereocenters. The van der Waals surface area contributed by atoms with E-state index in [0.29, 0.717) is 55.2 Å². The first-order valence-electron chi connectivity index (χ1n) is 33.3. The van der Waals surface area contributed by atoms with Crippen molar-refractivity contribution >= 4 is 149 Å². The van der Waals surface area contributed by atoms with Crippen molar-refractivity contribution in [2.24, 2.45) is 23.7 Å². The minimum Gasteiger partial charge on any atom is -0.293 e. The van der Waals surface area contributed by atoms with E-state index in [9.17, 15) is 9.59 Å². The van der Waals surface area contributed by atoms with Crippen LogP contribution < -0.4 is 0 Å². The molecule has 16 heteroatoms. The second-order valence-electron chi connectivity index (χ2n) is 25.5. The number of carbonyl (C=O) groups is 2. The summed E-state index contributed by atoms with van der Waals surface area (Å²) in [5, 5.41) is 0. The number of benzene rings is 3. The summed E-state index contributed by atoms with van der Waals surface area (Å²) in [6, 6.07) is 19.7. The fourth-order valence-corrected chi connectivity index (χ4v) is 21.8. The molecule has 0 saturated carbocycles. The summed E-state index contributed by atoms with van der Waals surface area (Å²) >= 11 is 20.5. The Kier molecular flexibility index (Phi) is 21.2. The Morgan fingerprint density at radius 2 is 0.795 bits per heavy atom. The number of likely N-dealkylation sites (N-methyl/N-ethyl adjacent to an activating group) is 2. The van der Waals surface area contributed by atoms with Crippen LogP contribution in [0.1, 0.15) is 231 Å². The number of thiophene rings is 2. The molecule has 4 aliphatic rings. The lowest BCUT2D eigenvalue weighted by atomic mass is 9.63. The van der Waals surface area contributed by atoms with Crippen molar-refractivity contribution in [3.8, 4) is 41.8 Å². The van der Waals surface area contributed by atoms with Crippen LogP contribution in [0, 0.1) is 23.7 Å². The van der Waals surface area contributed by atoms with Crippen molar-refractivity contribution in [1.29, 1.82) is 0 Å². The molecular weight excluding hydrogens is 1240 g/mol. The molecule has 0 spiro atoms. The number of fused-ring (bicyclic) bond motifs is 8. The van der Waals surface area contributed by atoms with Crippen molar-refractivity contribution in [2.45, 2.75) is 208 Å². The fraction of sp³-hybridized carbons (Fsp3) is 0.528. The number of aromatic nitrogens is 4. The molecule has 2 aliphatic heterocycles. The number of unbranched alkanes of at least 4 members (excludes halogenated alkanes) is 4. The van der Waals surface area contributed by atoms with E-state index in [1.54, 1.807) is 20.9 Å². The molecule has 0 N–H and O–H groups in total. The largest absolute Gasteiger partial charge is 0.293 e. The number of hydrogen-bond acceptors (Lipinski definition) is 14. The van der Waals surface area contributed by atoms with Gasteiger partial charge in [0.1, 0.15) is 30.7 Å². The van der Waals surface area contributed by atoms with Gasteiger partial charge in [0.15, 0.2) is 0 Å². The first-order valence-corrected chi connectivity index (χ1v) is 38.8. The lowest BCUT2D eigenvalue weighted by Gasteiger charge is -2.40. The van der Waals surface area contributed by atoms with E-state index in [0.717, 1.165) is 95.7 Å². The maximum absolute atomic E-state index is 13.5. The molecule has 2 saturated heterocycles. The molecule has 3 aromatic carbocycles. The number of hydrogen-bond donors (Lipinski definition) is 0. The Labute approximate surface area is 559 Å². The third-order valence-electron chi connectivity index (χ3n) is 20.3. The van der Waals surface area contributed by atoms with Gasteiger partial charge < -0.3 is 0 Å². The molecule has 88 heavy (non-hydrogen) atoms. The third-order valence-corrected chi connectivity index (χ3v) is 26.5. The van der Waals surface area contributed by atoms with Gasteiger partial charge in [-0.15, -0.1) is 22.7 Å². The zero-order valence-electron chi connectivity index (χ0n) is 53.4. The van der Waals surface area contributed by atoms with Crippen LogP contribution in [0.25, 0.3) is 76.0 Å². The Morgan fingerprint density at radius 3 is 1.10 bits per heavy atom. The number of rotatable bonds is 30. The Balaban J connectivity index is 1.15. The number of amides is 2. The van der Waals surface area contributed by atoms with E-state index in [4.69, 9.17) is 41.9 Å². The molecule has 6 heterocycles. The quantitative estimate of drug-likeness (QED) is 0.0320. The highest BCUT2D eigenvalue weighted by molar-refractivity contribution is 8.27. The number of nitrogens with zero attached hydrogens (tertiary/aromatic N) is 6. The van der Waals surface area contributed by atoms with Gasteiger partial charge in [0, 0.05) is 65.7 Å². The van der Waals surface area contributed by atoms with Gasteiger partial charge in [-0.1, -0.05) is 230 Å². The first kappa shape index (κ1) is 65.5. The summed E-state index contributed by atoms with van der Waals surface area (Å²) in [7, 11) is 0. The molecule has 2 aliphatic carbocycles. The van der Waals surface area contributed by atoms with Crippen LogP contribution in [0.2, 0.25) is 0 Å². The number of thioether (sulfide) groups is 2.